The van der Waals surface area contributed by atoms with Gasteiger partial charge in [0, 0.05) is 12.0 Å². The first-order chi connectivity index (χ1) is 8.72. The van der Waals surface area contributed by atoms with E-state index < -0.39 is 0 Å². The van der Waals surface area contributed by atoms with Crippen molar-refractivity contribution in [1.29, 1.82) is 0 Å². The maximum atomic E-state index is 11.9. The molecule has 0 bridgehead atoms. The van der Waals surface area contributed by atoms with Gasteiger partial charge in [0.05, 0.1) is 11.9 Å². The monoisotopic (exact) mass is 280 g/mol. The molecule has 0 spiro atoms. The Kier molecular flexibility index (Phi) is 3.71. The van der Waals surface area contributed by atoms with E-state index in [-0.39, 0.29) is 24.0 Å². The molecule has 0 radical (unpaired) electrons. The van der Waals surface area contributed by atoms with E-state index in [2.05, 4.69) is 15.5 Å². The lowest BCUT2D eigenvalue weighted by molar-refractivity contribution is 0.101. The number of carbonyl (C=O) groups is 1. The third kappa shape index (κ3) is 3.03. The molecule has 19 heavy (non-hydrogen) atoms. The molecule has 3 N–H and O–H groups in total. The van der Waals surface area contributed by atoms with Gasteiger partial charge in [-0.25, -0.2) is 4.98 Å². The molecule has 0 aliphatic heterocycles. The van der Waals surface area contributed by atoms with Gasteiger partial charge in [-0.15, -0.1) is 12.4 Å². The lowest BCUT2D eigenvalue weighted by Gasteiger charge is -2.01. The molecule has 1 fully saturated rings. The molecular weight excluding hydrogens is 268 g/mol. The summed E-state index contributed by atoms with van der Waals surface area (Å²) in [6, 6.07) is 4.99. The molecule has 6 nitrogen and oxygen atoms in total. The van der Waals surface area contributed by atoms with Crippen LogP contribution in [0.15, 0.2) is 28.9 Å². The second kappa shape index (κ2) is 5.27. The summed E-state index contributed by atoms with van der Waals surface area (Å²) < 4.78 is 5.12. The Morgan fingerprint density at radius 2 is 2.21 bits per heavy atom. The minimum Gasteiger partial charge on any atom is -0.384 e. The highest BCUT2D eigenvalue weighted by molar-refractivity contribution is 6.02. The van der Waals surface area contributed by atoms with Crippen molar-refractivity contribution in [3.05, 3.63) is 35.9 Å². The minimum atomic E-state index is -0.308. The number of amides is 1. The molecule has 0 aromatic carbocycles. The molecule has 2 heterocycles. The van der Waals surface area contributed by atoms with Crippen LogP contribution < -0.4 is 11.1 Å². The third-order valence-corrected chi connectivity index (χ3v) is 2.78. The van der Waals surface area contributed by atoms with Crippen molar-refractivity contribution < 1.29 is 9.32 Å². The third-order valence-electron chi connectivity index (χ3n) is 2.78. The predicted molar refractivity (Wildman–Crippen MR) is 72.3 cm³/mol. The second-order valence-corrected chi connectivity index (χ2v) is 4.31. The van der Waals surface area contributed by atoms with Crippen LogP contribution in [-0.4, -0.2) is 16.0 Å². The molecule has 1 amide bonds. The summed E-state index contributed by atoms with van der Waals surface area (Å²) in [6.45, 7) is 0. The number of anilines is 2. The maximum absolute atomic E-state index is 11.9. The average Bonchev–Trinajstić information content (AvgIpc) is 3.10. The van der Waals surface area contributed by atoms with Crippen LogP contribution in [0.2, 0.25) is 0 Å². The standard InChI is InChI=1S/C12H12N4O2.ClH/c13-11-4-3-8(6-14-11)15-12(17)9-5-10(18-16-9)7-1-2-7;/h3-7H,1-2H2,(H2,13,14)(H,15,17);1H. The lowest BCUT2D eigenvalue weighted by atomic mass is 10.2. The number of nitrogens with zero attached hydrogens (tertiary/aromatic N) is 2. The number of pyridine rings is 1. The summed E-state index contributed by atoms with van der Waals surface area (Å²) >= 11 is 0. The highest BCUT2D eigenvalue weighted by Crippen LogP contribution is 2.40. The van der Waals surface area contributed by atoms with Gasteiger partial charge >= 0.3 is 0 Å². The van der Waals surface area contributed by atoms with Crippen molar-refractivity contribution in [2.24, 2.45) is 0 Å². The molecule has 1 aliphatic carbocycles. The number of rotatable bonds is 3. The van der Waals surface area contributed by atoms with E-state index in [0.717, 1.165) is 18.6 Å². The molecule has 2 aromatic rings. The van der Waals surface area contributed by atoms with E-state index in [9.17, 15) is 4.79 Å². The van der Waals surface area contributed by atoms with Crippen LogP contribution in [0.5, 0.6) is 0 Å². The van der Waals surface area contributed by atoms with Crippen molar-refractivity contribution in [1.82, 2.24) is 10.1 Å². The Balaban J connectivity index is 0.00000133. The number of carbonyl (C=O) groups excluding carboxylic acids is 1. The molecule has 2 aromatic heterocycles. The Bertz CT molecular complexity index is 578. The van der Waals surface area contributed by atoms with E-state index in [1.54, 1.807) is 18.2 Å². The van der Waals surface area contributed by atoms with Crippen molar-refractivity contribution in [3.63, 3.8) is 0 Å². The van der Waals surface area contributed by atoms with Gasteiger partial charge in [-0.3, -0.25) is 4.79 Å². The lowest BCUT2D eigenvalue weighted by Crippen LogP contribution is -2.12. The van der Waals surface area contributed by atoms with Gasteiger partial charge in [0.2, 0.25) is 0 Å². The van der Waals surface area contributed by atoms with Crippen LogP contribution in [0.25, 0.3) is 0 Å². The summed E-state index contributed by atoms with van der Waals surface area (Å²) in [5.74, 6) is 1.33. The van der Waals surface area contributed by atoms with Crippen LogP contribution in [0.3, 0.4) is 0 Å². The number of nitrogens with one attached hydrogen (secondary N) is 1. The topological polar surface area (TPSA) is 94.0 Å². The van der Waals surface area contributed by atoms with E-state index in [0.29, 0.717) is 17.4 Å². The first-order valence-electron chi connectivity index (χ1n) is 5.72. The molecular formula is C12H13ClN4O2. The molecule has 0 atom stereocenters. The average molecular weight is 281 g/mol. The molecule has 1 saturated carbocycles. The van der Waals surface area contributed by atoms with E-state index in [1.165, 1.54) is 6.20 Å². The van der Waals surface area contributed by atoms with Crippen molar-refractivity contribution in [2.75, 3.05) is 11.1 Å². The Morgan fingerprint density at radius 3 is 2.84 bits per heavy atom. The van der Waals surface area contributed by atoms with Gasteiger partial charge < -0.3 is 15.6 Å². The predicted octanol–water partition coefficient (Wildman–Crippen LogP) is 2.20. The van der Waals surface area contributed by atoms with Gasteiger partial charge in [-0.05, 0) is 25.0 Å². The van der Waals surface area contributed by atoms with Gasteiger partial charge in [-0.2, -0.15) is 0 Å². The number of aromatic nitrogens is 2. The highest BCUT2D eigenvalue weighted by atomic mass is 35.5. The molecule has 3 rings (SSSR count). The van der Waals surface area contributed by atoms with E-state index in [1.807, 2.05) is 0 Å². The van der Waals surface area contributed by atoms with E-state index >= 15 is 0 Å². The van der Waals surface area contributed by atoms with Crippen molar-refractivity contribution >= 4 is 29.8 Å². The number of nitrogens with two attached hydrogens (primary N) is 1. The summed E-state index contributed by atoms with van der Waals surface area (Å²) in [6.07, 6.45) is 3.71. The summed E-state index contributed by atoms with van der Waals surface area (Å²) in [5.41, 5.74) is 6.32. The molecule has 7 heteroatoms. The van der Waals surface area contributed by atoms with Crippen molar-refractivity contribution in [3.8, 4) is 0 Å². The Morgan fingerprint density at radius 1 is 1.42 bits per heavy atom. The number of nitrogen functional groups attached to an aromatic ring is 1. The number of halogens is 1. The smallest absolute Gasteiger partial charge is 0.277 e. The first-order valence-corrected chi connectivity index (χ1v) is 5.72. The molecule has 0 unspecified atom stereocenters. The zero-order valence-electron chi connectivity index (χ0n) is 10.00. The minimum absolute atomic E-state index is 0. The van der Waals surface area contributed by atoms with Gasteiger partial charge in [0.15, 0.2) is 5.69 Å². The SMILES string of the molecule is Cl.Nc1ccc(NC(=O)c2cc(C3CC3)on2)cn1. The van der Waals surface area contributed by atoms with Gasteiger partial charge in [-0.1, -0.05) is 5.16 Å². The van der Waals surface area contributed by atoms with Crippen LogP contribution in [-0.2, 0) is 0 Å². The van der Waals surface area contributed by atoms with Crippen LogP contribution in [0.4, 0.5) is 11.5 Å². The Labute approximate surface area is 115 Å². The largest absolute Gasteiger partial charge is 0.384 e. The summed E-state index contributed by atoms with van der Waals surface area (Å²) in [4.78, 5) is 15.8. The Hall–Kier alpha value is -2.08. The zero-order valence-corrected chi connectivity index (χ0v) is 10.8. The molecule has 0 saturated heterocycles. The van der Waals surface area contributed by atoms with Crippen molar-refractivity contribution in [2.45, 2.75) is 18.8 Å². The second-order valence-electron chi connectivity index (χ2n) is 4.31. The fraction of sp³-hybridized carbons (Fsp3) is 0.250. The molecule has 100 valence electrons. The first kappa shape index (κ1) is 13.4. The van der Waals surface area contributed by atoms with Gasteiger partial charge in [0.25, 0.3) is 5.91 Å². The van der Waals surface area contributed by atoms with Crippen LogP contribution in [0.1, 0.15) is 35.0 Å². The summed E-state index contributed by atoms with van der Waals surface area (Å²) in [7, 11) is 0. The zero-order chi connectivity index (χ0) is 12.5. The fourth-order valence-corrected chi connectivity index (χ4v) is 1.63. The van der Waals surface area contributed by atoms with Crippen LogP contribution in [0, 0.1) is 0 Å². The van der Waals surface area contributed by atoms with Crippen LogP contribution >= 0.6 is 12.4 Å². The quantitative estimate of drug-likeness (QED) is 0.899. The molecule has 1 aliphatic rings. The van der Waals surface area contributed by atoms with Gasteiger partial charge in [0.1, 0.15) is 11.6 Å². The van der Waals surface area contributed by atoms with E-state index in [4.69, 9.17) is 10.3 Å². The normalized spacial score (nSPS) is 13.7. The fourth-order valence-electron chi connectivity index (χ4n) is 1.63. The highest BCUT2D eigenvalue weighted by Gasteiger charge is 2.28. The number of hydrogen-bond donors (Lipinski definition) is 2. The maximum Gasteiger partial charge on any atom is 0.277 e. The summed E-state index contributed by atoms with van der Waals surface area (Å²) in [5, 5.41) is 6.44. The number of hydrogen-bond acceptors (Lipinski definition) is 5.